The zero-order chi connectivity index (χ0) is 21.2. The van der Waals surface area contributed by atoms with E-state index in [9.17, 15) is 18.0 Å². The number of nitrogens with one attached hydrogen (secondary N) is 1. The lowest BCUT2D eigenvalue weighted by atomic mass is 10.1. The standard InChI is InChI=1S/C20H23N3O5S/c1-13(15-7-9-16(10-8-15)29(21,26)27)22-19(24)11-12-23-17-5-3-4-6-18(17)28-14(2)20(23)25/h3-10,13-14H,11-12H2,1-2H3,(H,22,24)(H2,21,26,27)/t13-,14+/m1/s1. The molecule has 2 aromatic carbocycles. The highest BCUT2D eigenvalue weighted by molar-refractivity contribution is 7.89. The van der Waals surface area contributed by atoms with E-state index in [0.29, 0.717) is 11.4 Å². The van der Waals surface area contributed by atoms with Crippen LogP contribution < -0.4 is 20.1 Å². The van der Waals surface area contributed by atoms with Crippen molar-refractivity contribution >= 4 is 27.5 Å². The lowest BCUT2D eigenvalue weighted by Gasteiger charge is -2.32. The van der Waals surface area contributed by atoms with Crippen LogP contribution in [0.15, 0.2) is 53.4 Å². The van der Waals surface area contributed by atoms with Gasteiger partial charge >= 0.3 is 0 Å². The number of nitrogens with zero attached hydrogens (tertiary/aromatic N) is 1. The van der Waals surface area contributed by atoms with Gasteiger partial charge in [0.15, 0.2) is 6.10 Å². The zero-order valence-electron chi connectivity index (χ0n) is 16.2. The van der Waals surface area contributed by atoms with E-state index in [1.54, 1.807) is 43.0 Å². The van der Waals surface area contributed by atoms with Crippen molar-refractivity contribution in [2.75, 3.05) is 11.4 Å². The largest absolute Gasteiger partial charge is 0.479 e. The van der Waals surface area contributed by atoms with Gasteiger partial charge in [-0.15, -0.1) is 0 Å². The molecule has 2 aromatic rings. The summed E-state index contributed by atoms with van der Waals surface area (Å²) < 4.78 is 28.3. The molecular formula is C20H23N3O5S. The van der Waals surface area contributed by atoms with E-state index < -0.39 is 16.1 Å². The van der Waals surface area contributed by atoms with Crippen LogP contribution in [0.2, 0.25) is 0 Å². The zero-order valence-corrected chi connectivity index (χ0v) is 17.0. The van der Waals surface area contributed by atoms with E-state index in [4.69, 9.17) is 9.88 Å². The highest BCUT2D eigenvalue weighted by Gasteiger charge is 2.31. The number of para-hydroxylation sites is 2. The minimum atomic E-state index is -3.76. The van der Waals surface area contributed by atoms with Gasteiger partial charge in [-0.1, -0.05) is 24.3 Å². The lowest BCUT2D eigenvalue weighted by molar-refractivity contribution is -0.125. The Morgan fingerprint density at radius 3 is 2.52 bits per heavy atom. The summed E-state index contributed by atoms with van der Waals surface area (Å²) >= 11 is 0. The van der Waals surface area contributed by atoms with E-state index in [2.05, 4.69) is 5.32 Å². The normalized spacial score (nSPS) is 17.3. The van der Waals surface area contributed by atoms with E-state index in [1.165, 1.54) is 12.1 Å². The van der Waals surface area contributed by atoms with Crippen molar-refractivity contribution < 1.29 is 22.7 Å². The third-order valence-electron chi connectivity index (χ3n) is 4.72. The Balaban J connectivity index is 1.62. The average Bonchev–Trinajstić information content (AvgIpc) is 2.67. The van der Waals surface area contributed by atoms with E-state index >= 15 is 0 Å². The molecule has 0 fully saturated rings. The van der Waals surface area contributed by atoms with E-state index in [-0.39, 0.29) is 35.7 Å². The number of carbonyl (C=O) groups excluding carboxylic acids is 2. The Morgan fingerprint density at radius 2 is 1.86 bits per heavy atom. The fraction of sp³-hybridized carbons (Fsp3) is 0.300. The molecule has 9 heteroatoms. The Kier molecular flexibility index (Phi) is 5.90. The van der Waals surface area contributed by atoms with Crippen LogP contribution in [-0.2, 0) is 19.6 Å². The molecule has 2 amide bonds. The Bertz CT molecular complexity index is 1020. The molecule has 1 heterocycles. The lowest BCUT2D eigenvalue weighted by Crippen LogP contribution is -2.45. The quantitative estimate of drug-likeness (QED) is 0.742. The molecule has 1 aliphatic heterocycles. The summed E-state index contributed by atoms with van der Waals surface area (Å²) in [5.41, 5.74) is 1.39. The molecule has 3 N–H and O–H groups in total. The fourth-order valence-electron chi connectivity index (χ4n) is 3.15. The monoisotopic (exact) mass is 417 g/mol. The number of fused-ring (bicyclic) bond motifs is 1. The predicted octanol–water partition coefficient (Wildman–Crippen LogP) is 1.72. The van der Waals surface area contributed by atoms with Crippen molar-refractivity contribution in [1.29, 1.82) is 0 Å². The molecular weight excluding hydrogens is 394 g/mol. The number of benzene rings is 2. The first-order valence-corrected chi connectivity index (χ1v) is 10.7. The van der Waals surface area contributed by atoms with Gasteiger partial charge < -0.3 is 15.0 Å². The van der Waals surface area contributed by atoms with Gasteiger partial charge in [-0.3, -0.25) is 9.59 Å². The second-order valence-electron chi connectivity index (χ2n) is 6.87. The minimum absolute atomic E-state index is 0.0124. The molecule has 0 bridgehead atoms. The third kappa shape index (κ3) is 4.75. The maximum Gasteiger partial charge on any atom is 0.267 e. The molecule has 8 nitrogen and oxygen atoms in total. The van der Waals surface area contributed by atoms with Gasteiger partial charge in [0, 0.05) is 13.0 Å². The summed E-state index contributed by atoms with van der Waals surface area (Å²) in [4.78, 5) is 26.4. The maximum absolute atomic E-state index is 12.5. The minimum Gasteiger partial charge on any atom is -0.479 e. The number of hydrogen-bond donors (Lipinski definition) is 2. The predicted molar refractivity (Wildman–Crippen MR) is 108 cm³/mol. The molecule has 0 aliphatic carbocycles. The number of amides is 2. The number of primary sulfonamides is 1. The van der Waals surface area contributed by atoms with Gasteiger partial charge in [-0.05, 0) is 43.7 Å². The SMILES string of the molecule is C[C@@H]1Oc2ccccc2N(CCC(=O)N[C@H](C)c2ccc(S(N)(=O)=O)cc2)C1=O. The van der Waals surface area contributed by atoms with Gasteiger partial charge in [0.05, 0.1) is 16.6 Å². The van der Waals surface area contributed by atoms with Crippen LogP contribution in [0.3, 0.4) is 0 Å². The molecule has 2 atom stereocenters. The summed E-state index contributed by atoms with van der Waals surface area (Å²) in [6.07, 6.45) is -0.490. The number of sulfonamides is 1. The molecule has 0 radical (unpaired) electrons. The molecule has 0 saturated heterocycles. The average molecular weight is 417 g/mol. The van der Waals surface area contributed by atoms with Crippen LogP contribution >= 0.6 is 0 Å². The fourth-order valence-corrected chi connectivity index (χ4v) is 3.66. The van der Waals surface area contributed by atoms with Crippen LogP contribution in [0.5, 0.6) is 5.75 Å². The Hall–Kier alpha value is -2.91. The third-order valence-corrected chi connectivity index (χ3v) is 5.65. The molecule has 0 unspecified atom stereocenters. The smallest absolute Gasteiger partial charge is 0.267 e. The van der Waals surface area contributed by atoms with E-state index in [1.807, 2.05) is 12.1 Å². The topological polar surface area (TPSA) is 119 Å². The van der Waals surface area contributed by atoms with Gasteiger partial charge in [0.1, 0.15) is 5.75 Å². The number of ether oxygens (including phenoxy) is 1. The van der Waals surface area contributed by atoms with Crippen molar-refractivity contribution in [3.05, 3.63) is 54.1 Å². The van der Waals surface area contributed by atoms with Gasteiger partial charge in [-0.2, -0.15) is 0 Å². The summed E-state index contributed by atoms with van der Waals surface area (Å²) in [5, 5.41) is 7.95. The first-order valence-electron chi connectivity index (χ1n) is 9.16. The van der Waals surface area contributed by atoms with Crippen LogP contribution in [0.25, 0.3) is 0 Å². The number of nitrogens with two attached hydrogens (primary N) is 1. The molecule has 29 heavy (non-hydrogen) atoms. The molecule has 1 aliphatic rings. The van der Waals surface area contributed by atoms with Crippen LogP contribution in [0.4, 0.5) is 5.69 Å². The molecule has 0 aromatic heterocycles. The Morgan fingerprint density at radius 1 is 1.21 bits per heavy atom. The number of carbonyl (C=O) groups is 2. The summed E-state index contributed by atoms with van der Waals surface area (Å²) in [6.45, 7) is 3.70. The van der Waals surface area contributed by atoms with Crippen molar-refractivity contribution in [3.8, 4) is 5.75 Å². The van der Waals surface area contributed by atoms with Gasteiger partial charge in [0.25, 0.3) is 5.91 Å². The van der Waals surface area contributed by atoms with Crippen LogP contribution in [0, 0.1) is 0 Å². The summed E-state index contributed by atoms with van der Waals surface area (Å²) in [7, 11) is -3.76. The maximum atomic E-state index is 12.5. The van der Waals surface area contributed by atoms with E-state index in [0.717, 1.165) is 5.56 Å². The second-order valence-corrected chi connectivity index (χ2v) is 8.43. The molecule has 0 spiro atoms. The van der Waals surface area contributed by atoms with Crippen molar-refractivity contribution in [1.82, 2.24) is 5.32 Å². The number of rotatable bonds is 6. The second kappa shape index (κ2) is 8.22. The molecule has 0 saturated carbocycles. The summed E-state index contributed by atoms with van der Waals surface area (Å²) in [6, 6.07) is 12.9. The van der Waals surface area contributed by atoms with Gasteiger partial charge in [-0.25, -0.2) is 13.6 Å². The van der Waals surface area contributed by atoms with Crippen molar-refractivity contribution in [3.63, 3.8) is 0 Å². The first-order chi connectivity index (χ1) is 13.7. The van der Waals surface area contributed by atoms with Crippen LogP contribution in [-0.4, -0.2) is 32.9 Å². The summed E-state index contributed by atoms with van der Waals surface area (Å²) in [5.74, 6) is 0.198. The number of anilines is 1. The molecule has 154 valence electrons. The highest BCUT2D eigenvalue weighted by Crippen LogP contribution is 2.33. The van der Waals surface area contributed by atoms with Crippen molar-refractivity contribution in [2.24, 2.45) is 5.14 Å². The van der Waals surface area contributed by atoms with Gasteiger partial charge in [0.2, 0.25) is 15.9 Å². The Labute approximate surface area is 169 Å². The highest BCUT2D eigenvalue weighted by atomic mass is 32.2. The van der Waals surface area contributed by atoms with Crippen LogP contribution in [0.1, 0.15) is 31.9 Å². The first kappa shape index (κ1) is 20.8. The van der Waals surface area contributed by atoms with Crippen molar-refractivity contribution in [2.45, 2.75) is 37.3 Å². The molecule has 3 rings (SSSR count). The number of hydrogen-bond acceptors (Lipinski definition) is 5.